The van der Waals surface area contributed by atoms with E-state index in [1.165, 1.54) is 6.20 Å². The lowest BCUT2D eigenvalue weighted by atomic mass is 10.1. The fourth-order valence-corrected chi connectivity index (χ4v) is 1.87. The second-order valence-electron chi connectivity index (χ2n) is 3.81. The van der Waals surface area contributed by atoms with E-state index in [-0.39, 0.29) is 5.75 Å². The quantitative estimate of drug-likeness (QED) is 0.688. The Morgan fingerprint density at radius 2 is 1.76 bits per heavy atom. The van der Waals surface area contributed by atoms with Crippen molar-refractivity contribution in [1.29, 1.82) is 0 Å². The standard InChI is InChI=1S/C14H10N2O/c17-11-5-6-14(16-8-11)13-9-15-7-10-3-1-2-4-12(10)13/h1-9,17H. The summed E-state index contributed by atoms with van der Waals surface area (Å²) in [5, 5.41) is 11.4. The molecule has 0 fully saturated rings. The molecule has 2 heterocycles. The van der Waals surface area contributed by atoms with E-state index in [2.05, 4.69) is 9.97 Å². The molecule has 0 unspecified atom stereocenters. The van der Waals surface area contributed by atoms with Crippen LogP contribution in [0.25, 0.3) is 22.0 Å². The highest BCUT2D eigenvalue weighted by atomic mass is 16.3. The van der Waals surface area contributed by atoms with Crippen LogP contribution in [-0.4, -0.2) is 15.1 Å². The van der Waals surface area contributed by atoms with Gasteiger partial charge in [0.25, 0.3) is 0 Å². The summed E-state index contributed by atoms with van der Waals surface area (Å²) in [6, 6.07) is 11.5. The van der Waals surface area contributed by atoms with Crippen LogP contribution in [-0.2, 0) is 0 Å². The molecule has 3 nitrogen and oxygen atoms in total. The number of fused-ring (bicyclic) bond motifs is 1. The predicted octanol–water partition coefficient (Wildman–Crippen LogP) is 3.00. The number of aromatic hydroxyl groups is 1. The zero-order valence-corrected chi connectivity index (χ0v) is 9.04. The van der Waals surface area contributed by atoms with Gasteiger partial charge in [-0.1, -0.05) is 24.3 Å². The maximum Gasteiger partial charge on any atom is 0.133 e. The summed E-state index contributed by atoms with van der Waals surface area (Å²) in [4.78, 5) is 8.42. The first kappa shape index (κ1) is 9.78. The Kier molecular flexibility index (Phi) is 2.22. The van der Waals surface area contributed by atoms with Gasteiger partial charge in [-0.15, -0.1) is 0 Å². The Morgan fingerprint density at radius 1 is 0.882 bits per heavy atom. The largest absolute Gasteiger partial charge is 0.506 e. The minimum atomic E-state index is 0.168. The summed E-state index contributed by atoms with van der Waals surface area (Å²) in [5.41, 5.74) is 1.79. The van der Waals surface area contributed by atoms with Gasteiger partial charge < -0.3 is 5.11 Å². The summed E-state index contributed by atoms with van der Waals surface area (Å²) in [6.07, 6.45) is 5.07. The molecule has 0 bridgehead atoms. The molecule has 0 aliphatic heterocycles. The number of hydrogen-bond donors (Lipinski definition) is 1. The van der Waals surface area contributed by atoms with Crippen LogP contribution in [0.5, 0.6) is 5.75 Å². The second-order valence-corrected chi connectivity index (χ2v) is 3.81. The van der Waals surface area contributed by atoms with Crippen LogP contribution in [0.3, 0.4) is 0 Å². The van der Waals surface area contributed by atoms with Crippen LogP contribution < -0.4 is 0 Å². The van der Waals surface area contributed by atoms with E-state index in [0.717, 1.165) is 22.0 Å². The van der Waals surface area contributed by atoms with Gasteiger partial charge in [0, 0.05) is 23.3 Å². The molecular weight excluding hydrogens is 212 g/mol. The topological polar surface area (TPSA) is 46.0 Å². The van der Waals surface area contributed by atoms with Crippen LogP contribution in [0.4, 0.5) is 0 Å². The number of benzene rings is 1. The van der Waals surface area contributed by atoms with Crippen molar-refractivity contribution in [2.75, 3.05) is 0 Å². The van der Waals surface area contributed by atoms with Gasteiger partial charge in [-0.05, 0) is 17.5 Å². The smallest absolute Gasteiger partial charge is 0.133 e. The maximum atomic E-state index is 9.24. The SMILES string of the molecule is Oc1ccc(-c2cncc3ccccc23)nc1. The van der Waals surface area contributed by atoms with Crippen molar-refractivity contribution in [3.05, 3.63) is 55.0 Å². The van der Waals surface area contributed by atoms with Crippen LogP contribution in [0.15, 0.2) is 55.0 Å². The van der Waals surface area contributed by atoms with E-state index in [1.807, 2.05) is 30.5 Å². The summed E-state index contributed by atoms with van der Waals surface area (Å²) in [6.45, 7) is 0. The van der Waals surface area contributed by atoms with Crippen molar-refractivity contribution >= 4 is 10.8 Å². The third-order valence-corrected chi connectivity index (χ3v) is 2.69. The fraction of sp³-hybridized carbons (Fsp3) is 0. The maximum absolute atomic E-state index is 9.24. The monoisotopic (exact) mass is 222 g/mol. The number of hydrogen-bond acceptors (Lipinski definition) is 3. The van der Waals surface area contributed by atoms with E-state index < -0.39 is 0 Å². The molecule has 0 spiro atoms. The Hall–Kier alpha value is -2.42. The Bertz CT molecular complexity index is 657. The molecule has 1 aromatic carbocycles. The summed E-state index contributed by atoms with van der Waals surface area (Å²) in [7, 11) is 0. The Labute approximate surface area is 98.4 Å². The van der Waals surface area contributed by atoms with Gasteiger partial charge in [0.2, 0.25) is 0 Å². The van der Waals surface area contributed by atoms with E-state index in [9.17, 15) is 5.11 Å². The van der Waals surface area contributed by atoms with Gasteiger partial charge in [-0.2, -0.15) is 0 Å². The van der Waals surface area contributed by atoms with E-state index >= 15 is 0 Å². The van der Waals surface area contributed by atoms with Crippen LogP contribution >= 0.6 is 0 Å². The minimum Gasteiger partial charge on any atom is -0.506 e. The first-order chi connectivity index (χ1) is 8.34. The zero-order valence-electron chi connectivity index (χ0n) is 9.04. The molecule has 0 atom stereocenters. The van der Waals surface area contributed by atoms with Crippen LogP contribution in [0.2, 0.25) is 0 Å². The number of nitrogens with zero attached hydrogens (tertiary/aromatic N) is 2. The Morgan fingerprint density at radius 3 is 2.59 bits per heavy atom. The first-order valence-electron chi connectivity index (χ1n) is 5.33. The van der Waals surface area contributed by atoms with E-state index in [0.29, 0.717) is 0 Å². The van der Waals surface area contributed by atoms with Crippen LogP contribution in [0, 0.1) is 0 Å². The number of rotatable bonds is 1. The molecule has 3 rings (SSSR count). The molecule has 17 heavy (non-hydrogen) atoms. The average molecular weight is 222 g/mol. The van der Waals surface area contributed by atoms with Crippen molar-refractivity contribution in [3.63, 3.8) is 0 Å². The molecule has 1 N–H and O–H groups in total. The molecule has 0 saturated carbocycles. The highest BCUT2D eigenvalue weighted by Crippen LogP contribution is 2.26. The third kappa shape index (κ3) is 1.72. The summed E-state index contributed by atoms with van der Waals surface area (Å²) >= 11 is 0. The van der Waals surface area contributed by atoms with Gasteiger partial charge in [0.05, 0.1) is 11.9 Å². The lowest BCUT2D eigenvalue weighted by molar-refractivity contribution is 0.473. The molecular formula is C14H10N2O. The van der Waals surface area contributed by atoms with Crippen molar-refractivity contribution in [3.8, 4) is 17.0 Å². The molecule has 0 aliphatic carbocycles. The minimum absolute atomic E-state index is 0.168. The normalized spacial score (nSPS) is 10.6. The summed E-state index contributed by atoms with van der Waals surface area (Å²) in [5.74, 6) is 0.168. The molecule has 0 radical (unpaired) electrons. The zero-order chi connectivity index (χ0) is 11.7. The van der Waals surface area contributed by atoms with Gasteiger partial charge in [-0.25, -0.2) is 0 Å². The summed E-state index contributed by atoms with van der Waals surface area (Å²) < 4.78 is 0. The average Bonchev–Trinajstić information content (AvgIpc) is 2.39. The van der Waals surface area contributed by atoms with E-state index in [4.69, 9.17) is 0 Å². The third-order valence-electron chi connectivity index (χ3n) is 2.69. The highest BCUT2D eigenvalue weighted by Gasteiger charge is 2.04. The van der Waals surface area contributed by atoms with Gasteiger partial charge in [0.1, 0.15) is 5.75 Å². The molecule has 3 aromatic rings. The van der Waals surface area contributed by atoms with Crippen molar-refractivity contribution in [2.45, 2.75) is 0 Å². The predicted molar refractivity (Wildman–Crippen MR) is 66.6 cm³/mol. The lowest BCUT2D eigenvalue weighted by Crippen LogP contribution is -1.86. The molecule has 0 saturated heterocycles. The van der Waals surface area contributed by atoms with Gasteiger partial charge in [0.15, 0.2) is 0 Å². The lowest BCUT2D eigenvalue weighted by Gasteiger charge is -2.05. The molecule has 2 aromatic heterocycles. The van der Waals surface area contributed by atoms with E-state index in [1.54, 1.807) is 18.3 Å². The van der Waals surface area contributed by atoms with Gasteiger partial charge >= 0.3 is 0 Å². The highest BCUT2D eigenvalue weighted by molar-refractivity contribution is 5.94. The second kappa shape index (κ2) is 3.87. The molecule has 0 amide bonds. The fourth-order valence-electron chi connectivity index (χ4n) is 1.87. The van der Waals surface area contributed by atoms with Crippen LogP contribution in [0.1, 0.15) is 0 Å². The molecule has 3 heteroatoms. The molecule has 0 aliphatic rings. The van der Waals surface area contributed by atoms with Crippen molar-refractivity contribution in [1.82, 2.24) is 9.97 Å². The van der Waals surface area contributed by atoms with Crippen molar-refractivity contribution < 1.29 is 5.11 Å². The van der Waals surface area contributed by atoms with Crippen molar-refractivity contribution in [2.24, 2.45) is 0 Å². The number of aromatic nitrogens is 2. The number of pyridine rings is 2. The van der Waals surface area contributed by atoms with Gasteiger partial charge in [-0.3, -0.25) is 9.97 Å². The first-order valence-corrected chi connectivity index (χ1v) is 5.33. The molecule has 82 valence electrons. The Balaban J connectivity index is 2.27.